The van der Waals surface area contributed by atoms with E-state index in [9.17, 15) is 9.59 Å². The molecule has 0 saturated carbocycles. The molecule has 7 nitrogen and oxygen atoms in total. The molecule has 28 heavy (non-hydrogen) atoms. The smallest absolute Gasteiger partial charge is 0.412 e. The van der Waals surface area contributed by atoms with Crippen LogP contribution in [-0.4, -0.2) is 29.4 Å². The van der Waals surface area contributed by atoms with Crippen LogP contribution in [0.15, 0.2) is 54.4 Å². The predicted octanol–water partition coefficient (Wildman–Crippen LogP) is 3.57. The molecule has 3 aromatic rings. The standard InChI is InChI=1S/C21H21N3O4/c1-3-16-9-15(10-17-12-22-24-19(16)17)11-18(20(25)27-2)23-21(26)28-13-14-7-5-4-6-8-14/h4-12H,3,13H2,1-2H3,(H,22,24)(H,23,26)/b18-11+. The molecule has 2 aromatic carbocycles. The molecule has 0 fully saturated rings. The van der Waals surface area contributed by atoms with Gasteiger partial charge >= 0.3 is 12.1 Å². The Balaban J connectivity index is 1.79. The molecule has 0 bridgehead atoms. The van der Waals surface area contributed by atoms with Crippen LogP contribution in [0, 0.1) is 0 Å². The number of ether oxygens (including phenoxy) is 2. The van der Waals surface area contributed by atoms with Gasteiger partial charge in [0.2, 0.25) is 0 Å². The van der Waals surface area contributed by atoms with Crippen LogP contribution < -0.4 is 5.32 Å². The number of rotatable bonds is 6. The van der Waals surface area contributed by atoms with E-state index in [1.807, 2.05) is 49.4 Å². The minimum absolute atomic E-state index is 0.00883. The second-order valence-electron chi connectivity index (χ2n) is 6.10. The molecule has 1 amide bonds. The highest BCUT2D eigenvalue weighted by Crippen LogP contribution is 2.21. The van der Waals surface area contributed by atoms with Gasteiger partial charge in [-0.15, -0.1) is 0 Å². The summed E-state index contributed by atoms with van der Waals surface area (Å²) in [6.07, 6.45) is 3.33. The van der Waals surface area contributed by atoms with Gasteiger partial charge in [0.25, 0.3) is 0 Å². The minimum Gasteiger partial charge on any atom is -0.464 e. The first-order valence-electron chi connectivity index (χ1n) is 8.84. The monoisotopic (exact) mass is 379 g/mol. The number of esters is 1. The molecule has 0 saturated heterocycles. The molecule has 0 spiro atoms. The normalized spacial score (nSPS) is 11.3. The van der Waals surface area contributed by atoms with Gasteiger partial charge in [-0.25, -0.2) is 9.59 Å². The van der Waals surface area contributed by atoms with Crippen molar-refractivity contribution in [3.05, 3.63) is 71.0 Å². The minimum atomic E-state index is -0.736. The summed E-state index contributed by atoms with van der Waals surface area (Å²) in [6, 6.07) is 13.1. The molecule has 1 heterocycles. The summed E-state index contributed by atoms with van der Waals surface area (Å²) in [7, 11) is 1.25. The lowest BCUT2D eigenvalue weighted by Gasteiger charge is -2.10. The summed E-state index contributed by atoms with van der Waals surface area (Å²) in [5.41, 5.74) is 3.59. The van der Waals surface area contributed by atoms with E-state index in [0.29, 0.717) is 0 Å². The van der Waals surface area contributed by atoms with Gasteiger partial charge in [-0.3, -0.25) is 10.4 Å². The number of carbonyl (C=O) groups is 2. The SMILES string of the molecule is CCc1cc(/C=C(/NC(=O)OCc2ccccc2)C(=O)OC)cc2cn[nH]c12. The van der Waals surface area contributed by atoms with Crippen LogP contribution in [0.4, 0.5) is 4.79 Å². The maximum Gasteiger partial charge on any atom is 0.412 e. The number of nitrogens with one attached hydrogen (secondary N) is 2. The fourth-order valence-electron chi connectivity index (χ4n) is 2.81. The van der Waals surface area contributed by atoms with Crippen LogP contribution in [-0.2, 0) is 27.3 Å². The van der Waals surface area contributed by atoms with E-state index in [2.05, 4.69) is 15.5 Å². The van der Waals surface area contributed by atoms with Gasteiger partial charge in [-0.2, -0.15) is 5.10 Å². The largest absolute Gasteiger partial charge is 0.464 e. The van der Waals surface area contributed by atoms with Crippen molar-refractivity contribution in [2.24, 2.45) is 0 Å². The molecule has 144 valence electrons. The third kappa shape index (κ3) is 4.56. The summed E-state index contributed by atoms with van der Waals surface area (Å²) in [4.78, 5) is 24.2. The average molecular weight is 379 g/mol. The Bertz CT molecular complexity index is 1010. The van der Waals surface area contributed by atoms with Gasteiger partial charge in [0, 0.05) is 5.39 Å². The van der Waals surface area contributed by atoms with E-state index >= 15 is 0 Å². The first kappa shape index (κ1) is 19.2. The number of benzene rings is 2. The van der Waals surface area contributed by atoms with Gasteiger partial charge in [0.1, 0.15) is 12.3 Å². The second kappa shape index (κ2) is 8.85. The summed E-state index contributed by atoms with van der Waals surface area (Å²) < 4.78 is 9.96. The Hall–Kier alpha value is -3.61. The quantitative estimate of drug-likeness (QED) is 0.504. The fourth-order valence-corrected chi connectivity index (χ4v) is 2.81. The molecular formula is C21H21N3O4. The number of H-pyrrole nitrogens is 1. The van der Waals surface area contributed by atoms with Crippen LogP contribution in [0.1, 0.15) is 23.6 Å². The first-order valence-corrected chi connectivity index (χ1v) is 8.84. The maximum absolute atomic E-state index is 12.1. The van der Waals surface area contributed by atoms with Gasteiger partial charge in [-0.05, 0) is 41.3 Å². The number of fused-ring (bicyclic) bond motifs is 1. The summed E-state index contributed by atoms with van der Waals surface area (Å²) in [5, 5.41) is 10.4. The van der Waals surface area contributed by atoms with Crippen LogP contribution in [0.25, 0.3) is 17.0 Å². The first-order chi connectivity index (χ1) is 13.6. The summed E-state index contributed by atoms with van der Waals surface area (Å²) >= 11 is 0. The Labute approximate surface area is 162 Å². The number of aromatic nitrogens is 2. The van der Waals surface area contributed by atoms with Crippen molar-refractivity contribution in [1.29, 1.82) is 0 Å². The van der Waals surface area contributed by atoms with E-state index in [1.54, 1.807) is 12.3 Å². The number of carbonyl (C=O) groups excluding carboxylic acids is 2. The van der Waals surface area contributed by atoms with Crippen molar-refractivity contribution in [3.8, 4) is 0 Å². The molecule has 1 aromatic heterocycles. The molecule has 7 heteroatoms. The van der Waals surface area contributed by atoms with Crippen LogP contribution >= 0.6 is 0 Å². The van der Waals surface area contributed by atoms with Gasteiger partial charge in [-0.1, -0.05) is 37.3 Å². The van der Waals surface area contributed by atoms with E-state index in [-0.39, 0.29) is 12.3 Å². The Morgan fingerprint density at radius 1 is 1.21 bits per heavy atom. The second-order valence-corrected chi connectivity index (χ2v) is 6.10. The lowest BCUT2D eigenvalue weighted by Crippen LogP contribution is -2.28. The molecule has 0 unspecified atom stereocenters. The van der Waals surface area contributed by atoms with Crippen LogP contribution in [0.2, 0.25) is 0 Å². The highest BCUT2D eigenvalue weighted by molar-refractivity contribution is 5.97. The van der Waals surface area contributed by atoms with E-state index in [1.165, 1.54) is 7.11 Å². The molecule has 0 aliphatic carbocycles. The van der Waals surface area contributed by atoms with Crippen molar-refractivity contribution < 1.29 is 19.1 Å². The van der Waals surface area contributed by atoms with Gasteiger partial charge in [0.15, 0.2) is 0 Å². The number of aryl methyl sites for hydroxylation is 1. The van der Waals surface area contributed by atoms with E-state index < -0.39 is 12.1 Å². The van der Waals surface area contributed by atoms with Crippen LogP contribution in [0.3, 0.4) is 0 Å². The van der Waals surface area contributed by atoms with Crippen molar-refractivity contribution in [2.75, 3.05) is 7.11 Å². The van der Waals surface area contributed by atoms with Crippen molar-refractivity contribution >= 4 is 29.0 Å². The molecule has 0 aliphatic rings. The highest BCUT2D eigenvalue weighted by Gasteiger charge is 2.15. The zero-order valence-electron chi connectivity index (χ0n) is 15.7. The number of nitrogens with zero attached hydrogens (tertiary/aromatic N) is 1. The number of hydrogen-bond acceptors (Lipinski definition) is 5. The van der Waals surface area contributed by atoms with Crippen molar-refractivity contribution in [1.82, 2.24) is 15.5 Å². The van der Waals surface area contributed by atoms with Crippen molar-refractivity contribution in [2.45, 2.75) is 20.0 Å². The maximum atomic E-state index is 12.1. The van der Waals surface area contributed by atoms with Gasteiger partial charge in [0.05, 0.1) is 18.8 Å². The zero-order chi connectivity index (χ0) is 19.9. The lowest BCUT2D eigenvalue weighted by atomic mass is 10.0. The third-order valence-corrected chi connectivity index (χ3v) is 4.20. The molecule has 0 aliphatic heterocycles. The number of aromatic amines is 1. The average Bonchev–Trinajstić information content (AvgIpc) is 3.20. The Morgan fingerprint density at radius 3 is 2.71 bits per heavy atom. The molecule has 2 N–H and O–H groups in total. The topological polar surface area (TPSA) is 93.3 Å². The fraction of sp³-hybridized carbons (Fsp3) is 0.190. The molecule has 0 radical (unpaired) electrons. The molecule has 3 rings (SSSR count). The van der Waals surface area contributed by atoms with Crippen LogP contribution in [0.5, 0.6) is 0 Å². The molecular weight excluding hydrogens is 358 g/mol. The number of hydrogen-bond donors (Lipinski definition) is 2. The third-order valence-electron chi connectivity index (χ3n) is 4.20. The zero-order valence-corrected chi connectivity index (χ0v) is 15.7. The summed E-state index contributed by atoms with van der Waals surface area (Å²) in [6.45, 7) is 2.13. The summed E-state index contributed by atoms with van der Waals surface area (Å²) in [5.74, 6) is -0.665. The Kier molecular flexibility index (Phi) is 6.06. The number of methoxy groups -OCH3 is 1. The van der Waals surface area contributed by atoms with Gasteiger partial charge < -0.3 is 9.47 Å². The van der Waals surface area contributed by atoms with E-state index in [4.69, 9.17) is 9.47 Å². The van der Waals surface area contributed by atoms with Crippen molar-refractivity contribution in [3.63, 3.8) is 0 Å². The predicted molar refractivity (Wildman–Crippen MR) is 105 cm³/mol. The highest BCUT2D eigenvalue weighted by atomic mass is 16.6. The molecule has 0 atom stereocenters. The number of amides is 1. The lowest BCUT2D eigenvalue weighted by molar-refractivity contribution is -0.136. The number of alkyl carbamates (subject to hydrolysis) is 1. The van der Waals surface area contributed by atoms with E-state index in [0.717, 1.165) is 34.0 Å². The Morgan fingerprint density at radius 2 is 2.00 bits per heavy atom.